The number of amides is 1. The van der Waals surface area contributed by atoms with Crippen molar-refractivity contribution in [2.45, 2.75) is 19.4 Å². The summed E-state index contributed by atoms with van der Waals surface area (Å²) in [4.78, 5) is 15.2. The van der Waals surface area contributed by atoms with E-state index in [9.17, 15) is 4.79 Å². The smallest absolute Gasteiger partial charge is 0.268 e. The molecule has 1 aliphatic heterocycles. The maximum atomic E-state index is 12.6. The monoisotopic (exact) mass is 273 g/mol. The zero-order valence-corrected chi connectivity index (χ0v) is 11.7. The number of thiophene rings is 1. The van der Waals surface area contributed by atoms with Crippen LogP contribution in [0.3, 0.4) is 0 Å². The Morgan fingerprint density at radius 1 is 1.26 bits per heavy atom. The summed E-state index contributed by atoms with van der Waals surface area (Å²) in [5, 5.41) is 1.92. The summed E-state index contributed by atoms with van der Waals surface area (Å²) in [6.07, 6.45) is 0. The van der Waals surface area contributed by atoms with Gasteiger partial charge in [0.25, 0.3) is 5.91 Å². The first-order chi connectivity index (χ1) is 9.07. The Labute approximate surface area is 116 Å². The van der Waals surface area contributed by atoms with Gasteiger partial charge in [-0.05, 0) is 37.4 Å². The van der Waals surface area contributed by atoms with Gasteiger partial charge in [-0.2, -0.15) is 0 Å². The van der Waals surface area contributed by atoms with Crippen LogP contribution >= 0.6 is 11.3 Å². The Bertz CT molecular complexity index is 604. The Hall–Kier alpha value is -1.81. The highest BCUT2D eigenvalue weighted by Crippen LogP contribution is 2.37. The van der Waals surface area contributed by atoms with Gasteiger partial charge in [-0.25, -0.2) is 0 Å². The lowest BCUT2D eigenvalue weighted by Gasteiger charge is -2.39. The molecule has 0 fully saturated rings. The molecule has 19 heavy (non-hydrogen) atoms. The topological polar surface area (TPSA) is 29.5 Å². The van der Waals surface area contributed by atoms with Crippen LogP contribution in [-0.4, -0.2) is 18.1 Å². The maximum Gasteiger partial charge on any atom is 0.268 e. The quantitative estimate of drug-likeness (QED) is 0.795. The van der Waals surface area contributed by atoms with Crippen LogP contribution in [0, 0.1) is 0 Å². The summed E-state index contributed by atoms with van der Waals surface area (Å²) in [7, 11) is 0. The number of nitrogens with zero attached hydrogens (tertiary/aromatic N) is 1. The average molecular weight is 273 g/mol. The van der Waals surface area contributed by atoms with E-state index in [0.29, 0.717) is 6.54 Å². The molecular formula is C15H15NO2S. The minimum atomic E-state index is -0.374. The molecule has 0 saturated carbocycles. The van der Waals surface area contributed by atoms with Gasteiger partial charge in [-0.15, -0.1) is 11.3 Å². The second kappa shape index (κ2) is 4.38. The highest BCUT2D eigenvalue weighted by Gasteiger charge is 2.35. The third-order valence-electron chi connectivity index (χ3n) is 3.06. The van der Waals surface area contributed by atoms with Gasteiger partial charge in [0.15, 0.2) is 0 Å². The summed E-state index contributed by atoms with van der Waals surface area (Å²) in [6, 6.07) is 11.4. The number of carbonyl (C=O) groups excluding carboxylic acids is 1. The van der Waals surface area contributed by atoms with Crippen LogP contribution in [-0.2, 0) is 0 Å². The van der Waals surface area contributed by atoms with E-state index in [1.807, 2.05) is 60.5 Å². The molecule has 0 radical (unpaired) electrons. The molecular weight excluding hydrogens is 258 g/mol. The van der Waals surface area contributed by atoms with Gasteiger partial charge in [-0.1, -0.05) is 18.2 Å². The second-order valence-corrected chi connectivity index (χ2v) is 6.15. The highest BCUT2D eigenvalue weighted by molar-refractivity contribution is 7.12. The van der Waals surface area contributed by atoms with Crippen molar-refractivity contribution >= 4 is 22.9 Å². The summed E-state index contributed by atoms with van der Waals surface area (Å²) < 4.78 is 5.93. The van der Waals surface area contributed by atoms with Crippen LogP contribution in [0.2, 0.25) is 0 Å². The molecule has 1 aliphatic rings. The fourth-order valence-corrected chi connectivity index (χ4v) is 2.95. The number of anilines is 1. The maximum absolute atomic E-state index is 12.6. The summed E-state index contributed by atoms with van der Waals surface area (Å²) in [6.45, 7) is 4.55. The van der Waals surface area contributed by atoms with Crippen molar-refractivity contribution in [1.82, 2.24) is 0 Å². The molecule has 0 N–H and O–H groups in total. The van der Waals surface area contributed by atoms with E-state index >= 15 is 0 Å². The Morgan fingerprint density at radius 3 is 2.79 bits per heavy atom. The van der Waals surface area contributed by atoms with Crippen LogP contribution in [0.4, 0.5) is 5.69 Å². The highest BCUT2D eigenvalue weighted by atomic mass is 32.1. The number of hydrogen-bond acceptors (Lipinski definition) is 3. The summed E-state index contributed by atoms with van der Waals surface area (Å²) >= 11 is 1.47. The number of hydrogen-bond donors (Lipinski definition) is 0. The molecule has 2 heterocycles. The number of para-hydroxylation sites is 2. The van der Waals surface area contributed by atoms with Gasteiger partial charge in [-0.3, -0.25) is 4.79 Å². The van der Waals surface area contributed by atoms with Crippen LogP contribution in [0.5, 0.6) is 5.75 Å². The second-order valence-electron chi connectivity index (χ2n) is 5.20. The minimum Gasteiger partial charge on any atom is -0.484 e. The fraction of sp³-hybridized carbons (Fsp3) is 0.267. The first-order valence-electron chi connectivity index (χ1n) is 6.20. The number of benzene rings is 1. The number of fused-ring (bicyclic) bond motifs is 1. The predicted octanol–water partition coefficient (Wildman–Crippen LogP) is 3.57. The van der Waals surface area contributed by atoms with Gasteiger partial charge in [0.1, 0.15) is 11.4 Å². The molecule has 1 aromatic heterocycles. The van der Waals surface area contributed by atoms with Gasteiger partial charge in [0.05, 0.1) is 17.1 Å². The largest absolute Gasteiger partial charge is 0.484 e. The third-order valence-corrected chi connectivity index (χ3v) is 3.92. The minimum absolute atomic E-state index is 0.0406. The molecule has 3 rings (SSSR count). The number of rotatable bonds is 1. The van der Waals surface area contributed by atoms with Crippen molar-refractivity contribution in [3.8, 4) is 5.75 Å². The molecule has 0 aliphatic carbocycles. The SMILES string of the molecule is CC1(C)CN(C(=O)c2cccs2)c2ccccc2O1. The Kier molecular flexibility index (Phi) is 2.82. The van der Waals surface area contributed by atoms with Gasteiger partial charge in [0.2, 0.25) is 0 Å². The van der Waals surface area contributed by atoms with Gasteiger partial charge >= 0.3 is 0 Å². The van der Waals surface area contributed by atoms with Crippen molar-refractivity contribution in [3.63, 3.8) is 0 Å². The van der Waals surface area contributed by atoms with Crippen molar-refractivity contribution in [1.29, 1.82) is 0 Å². The molecule has 2 aromatic rings. The molecule has 0 saturated heterocycles. The van der Waals surface area contributed by atoms with Crippen LogP contribution in [0.15, 0.2) is 41.8 Å². The lowest BCUT2D eigenvalue weighted by molar-refractivity contribution is 0.0840. The van der Waals surface area contributed by atoms with E-state index in [4.69, 9.17) is 4.74 Å². The molecule has 1 aromatic carbocycles. The molecule has 0 spiro atoms. The lowest BCUT2D eigenvalue weighted by Crippen LogP contribution is -2.49. The van der Waals surface area contributed by atoms with E-state index in [1.54, 1.807) is 0 Å². The molecule has 98 valence electrons. The van der Waals surface area contributed by atoms with Crippen LogP contribution in [0.25, 0.3) is 0 Å². The van der Waals surface area contributed by atoms with Crippen molar-refractivity contribution in [3.05, 3.63) is 46.7 Å². The van der Waals surface area contributed by atoms with Crippen molar-refractivity contribution in [2.24, 2.45) is 0 Å². The molecule has 3 nitrogen and oxygen atoms in total. The number of ether oxygens (including phenoxy) is 1. The Balaban J connectivity index is 2.04. The zero-order chi connectivity index (χ0) is 13.5. The van der Waals surface area contributed by atoms with E-state index in [-0.39, 0.29) is 11.5 Å². The Morgan fingerprint density at radius 2 is 2.05 bits per heavy atom. The van der Waals surface area contributed by atoms with Gasteiger partial charge < -0.3 is 9.64 Å². The fourth-order valence-electron chi connectivity index (χ4n) is 2.28. The standard InChI is InChI=1S/C15H15NO2S/c1-15(2)10-16(14(17)13-8-5-9-19-13)11-6-3-4-7-12(11)18-15/h3-9H,10H2,1-2H3. The molecule has 0 bridgehead atoms. The van der Waals surface area contributed by atoms with Crippen LogP contribution < -0.4 is 9.64 Å². The first kappa shape index (κ1) is 12.2. The lowest BCUT2D eigenvalue weighted by atomic mass is 10.0. The predicted molar refractivity (Wildman–Crippen MR) is 77.1 cm³/mol. The molecule has 4 heteroatoms. The zero-order valence-electron chi connectivity index (χ0n) is 10.9. The van der Waals surface area contributed by atoms with E-state index in [2.05, 4.69) is 0 Å². The van der Waals surface area contributed by atoms with E-state index in [1.165, 1.54) is 11.3 Å². The van der Waals surface area contributed by atoms with E-state index in [0.717, 1.165) is 16.3 Å². The first-order valence-corrected chi connectivity index (χ1v) is 7.08. The number of carbonyl (C=O) groups is 1. The van der Waals surface area contributed by atoms with Crippen molar-refractivity contribution in [2.75, 3.05) is 11.4 Å². The molecule has 0 unspecified atom stereocenters. The normalized spacial score (nSPS) is 16.6. The molecule has 1 amide bonds. The molecule has 0 atom stereocenters. The van der Waals surface area contributed by atoms with Crippen LogP contribution in [0.1, 0.15) is 23.5 Å². The van der Waals surface area contributed by atoms with Crippen molar-refractivity contribution < 1.29 is 9.53 Å². The average Bonchev–Trinajstić information content (AvgIpc) is 2.89. The van der Waals surface area contributed by atoms with Gasteiger partial charge in [0, 0.05) is 0 Å². The van der Waals surface area contributed by atoms with E-state index < -0.39 is 0 Å². The third kappa shape index (κ3) is 2.24. The summed E-state index contributed by atoms with van der Waals surface area (Å²) in [5.41, 5.74) is 0.474. The summed E-state index contributed by atoms with van der Waals surface area (Å²) in [5.74, 6) is 0.808.